The largest absolute Gasteiger partial charge is 0.0775 e. The molecule has 0 aromatic heterocycles. The fraction of sp³-hybridized carbons (Fsp3) is 0.0588. The van der Waals surface area contributed by atoms with E-state index in [2.05, 4.69) is 208 Å². The van der Waals surface area contributed by atoms with Gasteiger partial charge in [0.15, 0.2) is 0 Å². The molecule has 0 heterocycles. The van der Waals surface area contributed by atoms with E-state index in [1.54, 1.807) is 0 Å². The van der Waals surface area contributed by atoms with Crippen LogP contribution in [0.5, 0.6) is 0 Å². The van der Waals surface area contributed by atoms with Crippen molar-refractivity contribution in [1.82, 2.24) is 0 Å². The number of hydrogen-bond acceptors (Lipinski definition) is 0. The summed E-state index contributed by atoms with van der Waals surface area (Å²) in [5, 5.41) is 9.10. The van der Waals surface area contributed by atoms with Crippen molar-refractivity contribution in [2.75, 3.05) is 0 Å². The van der Waals surface area contributed by atoms with Crippen LogP contribution in [0.1, 0.15) is 0 Å². The first kappa shape index (κ1) is 31.9. The zero-order chi connectivity index (χ0) is 35.2. The molecule has 9 rings (SSSR count). The molecule has 0 N–H and O–H groups in total. The summed E-state index contributed by atoms with van der Waals surface area (Å²) >= 11 is 0. The van der Waals surface area contributed by atoms with E-state index < -0.39 is 8.07 Å². The Hall–Kier alpha value is -6.02. The van der Waals surface area contributed by atoms with Gasteiger partial charge in [-0.15, -0.1) is 0 Å². The minimum Gasteiger partial charge on any atom is -0.0656 e. The zero-order valence-corrected chi connectivity index (χ0v) is 30.9. The molecule has 0 aliphatic carbocycles. The molecule has 0 atom stereocenters. The maximum absolute atomic E-state index is 2.43. The highest BCUT2D eigenvalue weighted by Crippen LogP contribution is 2.45. The summed E-state index contributed by atoms with van der Waals surface area (Å²) in [5.74, 6) is 0. The van der Waals surface area contributed by atoms with E-state index >= 15 is 0 Å². The molecule has 1 heteroatoms. The topological polar surface area (TPSA) is 0 Å². The molecule has 0 spiro atoms. The first-order valence-corrected chi connectivity index (χ1v) is 21.8. The summed E-state index contributed by atoms with van der Waals surface area (Å²) < 4.78 is 0. The van der Waals surface area contributed by atoms with E-state index in [9.17, 15) is 0 Å². The molecule has 0 radical (unpaired) electrons. The normalized spacial score (nSPS) is 11.8. The third-order valence-electron chi connectivity index (χ3n) is 10.6. The minimum atomic E-state index is -1.41. The average molecular weight is 681 g/mol. The highest BCUT2D eigenvalue weighted by atomic mass is 28.3. The third-order valence-corrected chi connectivity index (χ3v) is 12.7. The van der Waals surface area contributed by atoms with Gasteiger partial charge in [-0.2, -0.15) is 0 Å². The highest BCUT2D eigenvalue weighted by molar-refractivity contribution is 6.88. The van der Waals surface area contributed by atoms with Crippen LogP contribution >= 0.6 is 0 Å². The molecule has 248 valence electrons. The van der Waals surface area contributed by atoms with Gasteiger partial charge in [0.1, 0.15) is 0 Å². The first-order chi connectivity index (χ1) is 25.4. The van der Waals surface area contributed by atoms with E-state index in [1.165, 1.54) is 93.1 Å². The van der Waals surface area contributed by atoms with Gasteiger partial charge in [-0.1, -0.05) is 189 Å². The van der Waals surface area contributed by atoms with Crippen molar-refractivity contribution in [3.63, 3.8) is 0 Å². The predicted octanol–water partition coefficient (Wildman–Crippen LogP) is 14.0. The lowest BCUT2D eigenvalue weighted by molar-refractivity contribution is 1.57. The molecule has 52 heavy (non-hydrogen) atoms. The van der Waals surface area contributed by atoms with Crippen LogP contribution in [0.15, 0.2) is 188 Å². The lowest BCUT2D eigenvalue weighted by Crippen LogP contribution is -2.37. The summed E-state index contributed by atoms with van der Waals surface area (Å²) in [7, 11) is -1.41. The predicted molar refractivity (Wildman–Crippen MR) is 229 cm³/mol. The van der Waals surface area contributed by atoms with Gasteiger partial charge in [0, 0.05) is 0 Å². The summed E-state index contributed by atoms with van der Waals surface area (Å²) in [6.07, 6.45) is 0. The molecular formula is C51H40Si. The molecule has 0 nitrogen and oxygen atoms in total. The van der Waals surface area contributed by atoms with E-state index in [4.69, 9.17) is 0 Å². The van der Waals surface area contributed by atoms with E-state index in [0.717, 1.165) is 0 Å². The van der Waals surface area contributed by atoms with Crippen LogP contribution < -0.4 is 5.19 Å². The molecule has 0 amide bonds. The molecule has 0 bridgehead atoms. The second-order valence-electron chi connectivity index (χ2n) is 14.9. The maximum atomic E-state index is 2.43. The molecule has 0 aliphatic rings. The Kier molecular flexibility index (Phi) is 7.95. The lowest BCUT2D eigenvalue weighted by atomic mass is 9.85. The molecule has 0 aliphatic heterocycles. The Morgan fingerprint density at radius 2 is 0.750 bits per heavy atom. The standard InChI is InChI=1S/C51H40Si/c1-52(2,3)43-29-27-38(28-30-43)50-45-20-10-12-22-47(45)51(48-23-13-11-21-46(48)50)39-26-25-37-19-14-24-44(49(37)34-39)42-32-40(35-15-6-4-7-16-35)31-41(33-42)36-17-8-5-9-18-36/h4-34H,1-3H3. The van der Waals surface area contributed by atoms with Gasteiger partial charge < -0.3 is 0 Å². The summed E-state index contributed by atoms with van der Waals surface area (Å²) in [5.41, 5.74) is 12.4. The first-order valence-electron chi connectivity index (χ1n) is 18.3. The maximum Gasteiger partial charge on any atom is 0.0775 e. The number of benzene rings is 9. The van der Waals surface area contributed by atoms with Gasteiger partial charge in [-0.3, -0.25) is 0 Å². The zero-order valence-electron chi connectivity index (χ0n) is 29.9. The lowest BCUT2D eigenvalue weighted by Gasteiger charge is -2.20. The fourth-order valence-corrected chi connectivity index (χ4v) is 9.11. The van der Waals surface area contributed by atoms with Crippen LogP contribution in [-0.2, 0) is 0 Å². The van der Waals surface area contributed by atoms with Crippen molar-refractivity contribution in [2.45, 2.75) is 19.6 Å². The van der Waals surface area contributed by atoms with E-state index in [0.29, 0.717) is 0 Å². The van der Waals surface area contributed by atoms with Crippen LogP contribution in [0.3, 0.4) is 0 Å². The Balaban J connectivity index is 1.27. The molecule has 9 aromatic rings. The Labute approximate surface area is 307 Å². The molecule has 0 unspecified atom stereocenters. The SMILES string of the molecule is C[Si](C)(C)c1ccc(-c2c3ccccc3c(-c3ccc4cccc(-c5cc(-c6ccccc6)cc(-c6ccccc6)c5)c4c3)c3ccccc23)cc1. The number of fused-ring (bicyclic) bond motifs is 3. The minimum absolute atomic E-state index is 1.22. The Bertz CT molecular complexity index is 2620. The smallest absolute Gasteiger partial charge is 0.0656 e. The van der Waals surface area contributed by atoms with Crippen molar-refractivity contribution in [2.24, 2.45) is 0 Å². The second-order valence-corrected chi connectivity index (χ2v) is 20.0. The molecule has 0 saturated carbocycles. The fourth-order valence-electron chi connectivity index (χ4n) is 7.94. The summed E-state index contributed by atoms with van der Waals surface area (Å²) in [4.78, 5) is 0. The van der Waals surface area contributed by atoms with Crippen molar-refractivity contribution in [3.8, 4) is 55.6 Å². The molecule has 0 saturated heterocycles. The molecular weight excluding hydrogens is 641 g/mol. The van der Waals surface area contributed by atoms with Crippen LogP contribution in [0.2, 0.25) is 19.6 Å². The van der Waals surface area contributed by atoms with Crippen LogP contribution in [-0.4, -0.2) is 8.07 Å². The van der Waals surface area contributed by atoms with Crippen LogP contribution in [0, 0.1) is 0 Å². The quantitative estimate of drug-likeness (QED) is 0.121. The van der Waals surface area contributed by atoms with Crippen molar-refractivity contribution < 1.29 is 0 Å². The summed E-state index contributed by atoms with van der Waals surface area (Å²) in [6, 6.07) is 69.7. The van der Waals surface area contributed by atoms with Crippen molar-refractivity contribution in [1.29, 1.82) is 0 Å². The van der Waals surface area contributed by atoms with E-state index in [-0.39, 0.29) is 0 Å². The average Bonchev–Trinajstić information content (AvgIpc) is 3.19. The molecule has 9 aromatic carbocycles. The number of hydrogen-bond donors (Lipinski definition) is 0. The van der Waals surface area contributed by atoms with Crippen molar-refractivity contribution in [3.05, 3.63) is 188 Å². The Morgan fingerprint density at radius 1 is 0.288 bits per heavy atom. The summed E-state index contributed by atoms with van der Waals surface area (Å²) in [6.45, 7) is 7.25. The van der Waals surface area contributed by atoms with Crippen molar-refractivity contribution >= 4 is 45.6 Å². The van der Waals surface area contributed by atoms with Crippen LogP contribution in [0.4, 0.5) is 0 Å². The van der Waals surface area contributed by atoms with Gasteiger partial charge in [-0.05, 0) is 112 Å². The van der Waals surface area contributed by atoms with Gasteiger partial charge >= 0.3 is 0 Å². The third kappa shape index (κ3) is 5.74. The second kappa shape index (κ2) is 12.9. The molecule has 0 fully saturated rings. The Morgan fingerprint density at radius 3 is 1.27 bits per heavy atom. The van der Waals surface area contributed by atoms with Crippen LogP contribution in [0.25, 0.3) is 88.0 Å². The van der Waals surface area contributed by atoms with E-state index in [1.807, 2.05) is 0 Å². The monoisotopic (exact) mass is 680 g/mol. The van der Waals surface area contributed by atoms with Gasteiger partial charge in [-0.25, -0.2) is 0 Å². The highest BCUT2D eigenvalue weighted by Gasteiger charge is 2.20. The van der Waals surface area contributed by atoms with Gasteiger partial charge in [0.2, 0.25) is 0 Å². The number of rotatable bonds is 6. The van der Waals surface area contributed by atoms with Gasteiger partial charge in [0.05, 0.1) is 8.07 Å². The van der Waals surface area contributed by atoms with Gasteiger partial charge in [0.25, 0.3) is 0 Å².